The first-order valence-corrected chi connectivity index (χ1v) is 8.14. The molecule has 2 aromatic rings. The van der Waals surface area contributed by atoms with Gasteiger partial charge in [-0.05, 0) is 49.0 Å². The number of nitrogens with one attached hydrogen (secondary N) is 1. The van der Waals surface area contributed by atoms with Crippen molar-refractivity contribution in [1.82, 2.24) is 10.2 Å². The van der Waals surface area contributed by atoms with Crippen LogP contribution in [0.4, 0.5) is 10.5 Å². The normalized spacial score (nSPS) is 10.8. The zero-order chi connectivity index (χ0) is 18.2. The van der Waals surface area contributed by atoms with Gasteiger partial charge in [0, 0.05) is 32.2 Å². The van der Waals surface area contributed by atoms with E-state index in [2.05, 4.69) is 5.32 Å². The molecule has 6 nitrogen and oxygen atoms in total. The van der Waals surface area contributed by atoms with Crippen LogP contribution in [0, 0.1) is 0 Å². The van der Waals surface area contributed by atoms with Gasteiger partial charge in [-0.25, -0.2) is 4.79 Å². The van der Waals surface area contributed by atoms with Crippen molar-refractivity contribution in [1.29, 1.82) is 0 Å². The predicted octanol–water partition coefficient (Wildman–Crippen LogP) is 3.90. The molecule has 0 aliphatic heterocycles. The molecule has 2 rings (SSSR count). The van der Waals surface area contributed by atoms with Gasteiger partial charge in [0.15, 0.2) is 0 Å². The first-order chi connectivity index (χ1) is 12.0. The van der Waals surface area contributed by atoms with E-state index in [9.17, 15) is 4.79 Å². The van der Waals surface area contributed by atoms with Crippen molar-refractivity contribution in [2.24, 2.45) is 0 Å². The van der Waals surface area contributed by atoms with Gasteiger partial charge in [0.25, 0.3) is 0 Å². The van der Waals surface area contributed by atoms with Crippen LogP contribution in [0.25, 0.3) is 0 Å². The van der Waals surface area contributed by atoms with Gasteiger partial charge in [-0.2, -0.15) is 0 Å². The van der Waals surface area contributed by atoms with Crippen LogP contribution in [0.2, 0.25) is 0 Å². The Morgan fingerprint density at radius 2 is 1.59 bits per heavy atom. The van der Waals surface area contributed by atoms with E-state index in [1.165, 1.54) is 4.90 Å². The van der Waals surface area contributed by atoms with Crippen molar-refractivity contribution in [3.05, 3.63) is 54.1 Å². The van der Waals surface area contributed by atoms with Crippen molar-refractivity contribution in [3.63, 3.8) is 0 Å². The van der Waals surface area contributed by atoms with Crippen LogP contribution >= 0.6 is 24.8 Å². The number of nitrogens with two attached hydrogens (primary N) is 1. The molecule has 0 heterocycles. The Morgan fingerprint density at radius 1 is 1.04 bits per heavy atom. The summed E-state index contributed by atoms with van der Waals surface area (Å²) < 4.78 is 11.0. The fourth-order valence-electron chi connectivity index (χ4n) is 2.30. The van der Waals surface area contributed by atoms with E-state index < -0.39 is 6.09 Å². The maximum Gasteiger partial charge on any atom is 0.414 e. The zero-order valence-corrected chi connectivity index (χ0v) is 17.3. The van der Waals surface area contributed by atoms with Crippen LogP contribution in [-0.4, -0.2) is 38.7 Å². The fourth-order valence-corrected chi connectivity index (χ4v) is 2.30. The molecule has 0 aromatic heterocycles. The second kappa shape index (κ2) is 12.3. The summed E-state index contributed by atoms with van der Waals surface area (Å²) in [5.41, 5.74) is 7.48. The van der Waals surface area contributed by atoms with Gasteiger partial charge in [-0.15, -0.1) is 24.8 Å². The number of carbonyl (C=O) groups is 1. The number of ether oxygens (including phenoxy) is 2. The van der Waals surface area contributed by atoms with Gasteiger partial charge in [0.2, 0.25) is 0 Å². The lowest BCUT2D eigenvalue weighted by atomic mass is 10.0. The minimum atomic E-state index is -0.394. The smallest absolute Gasteiger partial charge is 0.414 e. The molecule has 0 bridgehead atoms. The molecule has 150 valence electrons. The van der Waals surface area contributed by atoms with E-state index in [1.807, 2.05) is 43.4 Å². The second-order valence-corrected chi connectivity index (χ2v) is 5.88. The summed E-state index contributed by atoms with van der Waals surface area (Å²) >= 11 is 0. The second-order valence-electron chi connectivity index (χ2n) is 5.88. The number of benzene rings is 2. The van der Waals surface area contributed by atoms with Gasteiger partial charge < -0.3 is 25.4 Å². The Balaban J connectivity index is 0.00000338. The summed E-state index contributed by atoms with van der Waals surface area (Å²) in [4.78, 5) is 12.9. The average molecular weight is 416 g/mol. The minimum absolute atomic E-state index is 0. The number of amides is 1. The van der Waals surface area contributed by atoms with Gasteiger partial charge in [0.05, 0.1) is 6.61 Å². The maximum absolute atomic E-state index is 11.6. The lowest BCUT2D eigenvalue weighted by Gasteiger charge is -2.18. The maximum atomic E-state index is 11.6. The molecule has 27 heavy (non-hydrogen) atoms. The molecule has 0 spiro atoms. The number of rotatable bonds is 7. The summed E-state index contributed by atoms with van der Waals surface area (Å²) in [6.45, 7) is 0.576. The number of hydrogen-bond acceptors (Lipinski definition) is 5. The highest BCUT2D eigenvalue weighted by molar-refractivity contribution is 5.85. The van der Waals surface area contributed by atoms with Crippen LogP contribution in [-0.2, 0) is 0 Å². The van der Waals surface area contributed by atoms with Crippen LogP contribution < -0.4 is 20.5 Å². The summed E-state index contributed by atoms with van der Waals surface area (Å²) in [6.07, 6.45) is 0.410. The molecular formula is C19H27Cl2N3O3. The largest absolute Gasteiger partial charge is 0.494 e. The zero-order valence-electron chi connectivity index (χ0n) is 15.7. The molecule has 1 atom stereocenters. The van der Waals surface area contributed by atoms with Crippen LogP contribution in [0.1, 0.15) is 18.0 Å². The van der Waals surface area contributed by atoms with Crippen molar-refractivity contribution in [2.45, 2.75) is 12.5 Å². The fraction of sp³-hybridized carbons (Fsp3) is 0.316. The van der Waals surface area contributed by atoms with Crippen LogP contribution in [0.15, 0.2) is 48.5 Å². The third kappa shape index (κ3) is 7.95. The first-order valence-electron chi connectivity index (χ1n) is 8.14. The Kier molecular flexibility index (Phi) is 11.3. The molecule has 2 aromatic carbocycles. The lowest BCUT2D eigenvalue weighted by molar-refractivity contribution is 0.172. The highest BCUT2D eigenvalue weighted by Gasteiger charge is 2.11. The van der Waals surface area contributed by atoms with E-state index in [1.54, 1.807) is 26.2 Å². The quantitative estimate of drug-likeness (QED) is 0.670. The number of nitrogen functional groups attached to an aromatic ring is 1. The molecule has 0 aliphatic carbocycles. The number of nitrogens with zero attached hydrogens (tertiary/aromatic N) is 1. The molecule has 0 fully saturated rings. The van der Waals surface area contributed by atoms with Crippen LogP contribution in [0.5, 0.6) is 11.5 Å². The van der Waals surface area contributed by atoms with Crippen molar-refractivity contribution in [3.8, 4) is 11.5 Å². The Hall–Kier alpha value is -2.15. The molecule has 0 radical (unpaired) electrons. The average Bonchev–Trinajstić information content (AvgIpc) is 2.61. The van der Waals surface area contributed by atoms with E-state index in [4.69, 9.17) is 15.2 Å². The number of anilines is 1. The molecule has 1 amide bonds. The highest BCUT2D eigenvalue weighted by Crippen LogP contribution is 2.21. The van der Waals surface area contributed by atoms with Gasteiger partial charge in [0.1, 0.15) is 11.5 Å². The SMILES string of the molecule is CNC(CCOc1ccc(N)cc1)c1ccc(OC(=O)N(C)C)cc1.Cl.Cl. The van der Waals surface area contributed by atoms with Crippen LogP contribution in [0.3, 0.4) is 0 Å². The third-order valence-electron chi connectivity index (χ3n) is 3.76. The Labute approximate surface area is 172 Å². The molecule has 0 aliphatic rings. The van der Waals surface area contributed by atoms with Crippen molar-refractivity contribution >= 4 is 36.6 Å². The monoisotopic (exact) mass is 415 g/mol. The molecule has 1 unspecified atom stereocenters. The molecule has 0 saturated carbocycles. The van der Waals surface area contributed by atoms with E-state index >= 15 is 0 Å². The number of carbonyl (C=O) groups excluding carboxylic acids is 1. The van der Waals surface area contributed by atoms with Gasteiger partial charge in [-0.1, -0.05) is 12.1 Å². The van der Waals surface area contributed by atoms with E-state index in [-0.39, 0.29) is 30.9 Å². The Morgan fingerprint density at radius 3 is 2.11 bits per heavy atom. The lowest BCUT2D eigenvalue weighted by Crippen LogP contribution is -2.25. The molecular weight excluding hydrogens is 389 g/mol. The summed E-state index contributed by atoms with van der Waals surface area (Å²) in [6, 6.07) is 15.0. The predicted molar refractivity (Wildman–Crippen MR) is 113 cm³/mol. The molecule has 8 heteroatoms. The van der Waals surface area contributed by atoms with Crippen molar-refractivity contribution < 1.29 is 14.3 Å². The topological polar surface area (TPSA) is 76.8 Å². The van der Waals surface area contributed by atoms with Crippen molar-refractivity contribution in [2.75, 3.05) is 33.5 Å². The first kappa shape index (κ1) is 24.8. The molecule has 0 saturated heterocycles. The number of hydrogen-bond donors (Lipinski definition) is 2. The summed E-state index contributed by atoms with van der Waals surface area (Å²) in [7, 11) is 5.21. The van der Waals surface area contributed by atoms with Gasteiger partial charge in [-0.3, -0.25) is 0 Å². The standard InChI is InChI=1S/C19H25N3O3.2ClH/c1-21-18(12-13-24-16-10-6-15(20)7-11-16)14-4-8-17(9-5-14)25-19(23)22(2)3;;/h4-11,18,21H,12-13,20H2,1-3H3;2*1H. The summed E-state index contributed by atoms with van der Waals surface area (Å²) in [5.74, 6) is 1.32. The minimum Gasteiger partial charge on any atom is -0.494 e. The Bertz CT molecular complexity index is 680. The van der Waals surface area contributed by atoms with E-state index in [0.29, 0.717) is 12.4 Å². The summed E-state index contributed by atoms with van der Waals surface area (Å²) in [5, 5.41) is 3.28. The highest BCUT2D eigenvalue weighted by atomic mass is 35.5. The number of halogens is 2. The van der Waals surface area contributed by atoms with E-state index in [0.717, 1.165) is 23.4 Å². The molecule has 3 N–H and O–H groups in total. The third-order valence-corrected chi connectivity index (χ3v) is 3.76. The van der Waals surface area contributed by atoms with Gasteiger partial charge >= 0.3 is 6.09 Å².